The molecule has 0 amide bonds. The van der Waals surface area contributed by atoms with E-state index in [1.54, 1.807) is 12.1 Å². The summed E-state index contributed by atoms with van der Waals surface area (Å²) in [6.07, 6.45) is 6.85. The molecule has 0 fully saturated rings. The van der Waals surface area contributed by atoms with Crippen molar-refractivity contribution in [3.8, 4) is 0 Å². The standard InChI is InChI=1S/C17H19FN6/c18-14-3-1-12(2-4-14)10-24-11-13(9-20-24)8-19-15-5-6-16-17(7-15)22-23-21-16/h1-4,9,11,15,19H,5-8,10H2,(H,21,22,23). The average molecular weight is 326 g/mol. The van der Waals surface area contributed by atoms with E-state index in [1.807, 2.05) is 17.1 Å². The molecule has 2 heterocycles. The molecule has 0 bridgehead atoms. The molecule has 0 spiro atoms. The normalized spacial score (nSPS) is 17.0. The van der Waals surface area contributed by atoms with E-state index in [-0.39, 0.29) is 5.82 Å². The third-order valence-electron chi connectivity index (χ3n) is 4.41. The highest BCUT2D eigenvalue weighted by molar-refractivity contribution is 5.17. The first-order valence-electron chi connectivity index (χ1n) is 8.14. The second-order valence-corrected chi connectivity index (χ2v) is 6.21. The summed E-state index contributed by atoms with van der Waals surface area (Å²) in [6.45, 7) is 1.42. The molecule has 2 aromatic heterocycles. The van der Waals surface area contributed by atoms with Crippen LogP contribution < -0.4 is 5.32 Å². The fraction of sp³-hybridized carbons (Fsp3) is 0.353. The Morgan fingerprint density at radius 2 is 2.00 bits per heavy atom. The average Bonchev–Trinajstić information content (AvgIpc) is 3.23. The Balaban J connectivity index is 1.32. The molecule has 6 nitrogen and oxygen atoms in total. The lowest BCUT2D eigenvalue weighted by molar-refractivity contribution is 0.451. The van der Waals surface area contributed by atoms with Gasteiger partial charge in [0.15, 0.2) is 0 Å². The van der Waals surface area contributed by atoms with Gasteiger partial charge in [0.05, 0.1) is 24.1 Å². The highest BCUT2D eigenvalue weighted by Crippen LogP contribution is 2.17. The van der Waals surface area contributed by atoms with E-state index in [0.29, 0.717) is 12.6 Å². The molecule has 7 heteroatoms. The SMILES string of the molecule is Fc1ccc(Cn2cc(CNC3CCc4n[nH]nc4C3)cn2)cc1. The van der Waals surface area contributed by atoms with Crippen molar-refractivity contribution in [1.29, 1.82) is 0 Å². The first-order chi connectivity index (χ1) is 11.8. The smallest absolute Gasteiger partial charge is 0.123 e. The lowest BCUT2D eigenvalue weighted by Crippen LogP contribution is -2.34. The molecule has 4 rings (SSSR count). The lowest BCUT2D eigenvalue weighted by Gasteiger charge is -2.21. The van der Waals surface area contributed by atoms with Crippen LogP contribution in [-0.2, 0) is 25.9 Å². The van der Waals surface area contributed by atoms with Gasteiger partial charge in [0.2, 0.25) is 0 Å². The minimum absolute atomic E-state index is 0.216. The predicted molar refractivity (Wildman–Crippen MR) is 86.8 cm³/mol. The molecule has 24 heavy (non-hydrogen) atoms. The van der Waals surface area contributed by atoms with Crippen LogP contribution in [0.15, 0.2) is 36.7 Å². The fourth-order valence-corrected chi connectivity index (χ4v) is 3.08. The number of fused-ring (bicyclic) bond motifs is 1. The number of nitrogens with one attached hydrogen (secondary N) is 2. The quantitative estimate of drug-likeness (QED) is 0.750. The molecule has 0 saturated carbocycles. The van der Waals surface area contributed by atoms with Crippen molar-refractivity contribution in [1.82, 2.24) is 30.5 Å². The van der Waals surface area contributed by atoms with Crippen LogP contribution in [0.2, 0.25) is 0 Å². The Morgan fingerprint density at radius 1 is 1.17 bits per heavy atom. The van der Waals surface area contributed by atoms with Crippen LogP contribution in [-0.4, -0.2) is 31.2 Å². The molecule has 3 aromatic rings. The minimum Gasteiger partial charge on any atom is -0.309 e. The molecule has 2 N–H and O–H groups in total. The number of rotatable bonds is 5. The van der Waals surface area contributed by atoms with E-state index < -0.39 is 0 Å². The van der Waals surface area contributed by atoms with Gasteiger partial charge in [-0.2, -0.15) is 20.5 Å². The first kappa shape index (κ1) is 15.0. The number of hydrogen-bond donors (Lipinski definition) is 2. The Bertz CT molecular complexity index is 807. The van der Waals surface area contributed by atoms with E-state index in [1.165, 1.54) is 12.1 Å². The van der Waals surface area contributed by atoms with Crippen molar-refractivity contribution in [3.05, 3.63) is 65.0 Å². The molecule has 1 aromatic carbocycles. The zero-order valence-electron chi connectivity index (χ0n) is 13.2. The van der Waals surface area contributed by atoms with Crippen LogP contribution in [0.25, 0.3) is 0 Å². The van der Waals surface area contributed by atoms with E-state index in [4.69, 9.17) is 0 Å². The van der Waals surface area contributed by atoms with Crippen molar-refractivity contribution >= 4 is 0 Å². The van der Waals surface area contributed by atoms with Gasteiger partial charge >= 0.3 is 0 Å². The highest BCUT2D eigenvalue weighted by Gasteiger charge is 2.21. The van der Waals surface area contributed by atoms with Crippen LogP contribution in [0, 0.1) is 5.82 Å². The topological polar surface area (TPSA) is 71.4 Å². The molecule has 1 unspecified atom stereocenters. The Hall–Kier alpha value is -2.54. The fourth-order valence-electron chi connectivity index (χ4n) is 3.08. The van der Waals surface area contributed by atoms with Gasteiger partial charge in [-0.3, -0.25) is 4.68 Å². The number of hydrogen-bond acceptors (Lipinski definition) is 4. The van der Waals surface area contributed by atoms with Gasteiger partial charge in [0, 0.05) is 30.8 Å². The maximum atomic E-state index is 12.9. The first-order valence-corrected chi connectivity index (χ1v) is 8.14. The molecular formula is C17H19FN6. The highest BCUT2D eigenvalue weighted by atomic mass is 19.1. The summed E-state index contributed by atoms with van der Waals surface area (Å²) >= 11 is 0. The van der Waals surface area contributed by atoms with Gasteiger partial charge in [-0.1, -0.05) is 12.1 Å². The van der Waals surface area contributed by atoms with E-state index in [9.17, 15) is 4.39 Å². The lowest BCUT2D eigenvalue weighted by atomic mass is 9.96. The molecule has 0 saturated heterocycles. The molecule has 0 aliphatic heterocycles. The van der Waals surface area contributed by atoms with Crippen molar-refractivity contribution in [3.63, 3.8) is 0 Å². The summed E-state index contributed by atoms with van der Waals surface area (Å²) in [4.78, 5) is 0. The second-order valence-electron chi connectivity index (χ2n) is 6.21. The van der Waals surface area contributed by atoms with Crippen LogP contribution in [0.1, 0.15) is 28.9 Å². The molecule has 0 radical (unpaired) electrons. The number of halogens is 1. The maximum Gasteiger partial charge on any atom is 0.123 e. The molecule has 1 aliphatic carbocycles. The predicted octanol–water partition coefficient (Wildman–Crippen LogP) is 1.84. The van der Waals surface area contributed by atoms with Gasteiger partial charge in [-0.15, -0.1) is 0 Å². The summed E-state index contributed by atoms with van der Waals surface area (Å²) < 4.78 is 14.8. The van der Waals surface area contributed by atoms with Crippen molar-refractivity contribution in [2.75, 3.05) is 0 Å². The van der Waals surface area contributed by atoms with Crippen LogP contribution in [0.4, 0.5) is 4.39 Å². The molecule has 124 valence electrons. The van der Waals surface area contributed by atoms with Crippen molar-refractivity contribution in [2.24, 2.45) is 0 Å². The van der Waals surface area contributed by atoms with Gasteiger partial charge in [0.25, 0.3) is 0 Å². The number of aromatic amines is 1. The molecule has 1 atom stereocenters. The van der Waals surface area contributed by atoms with Crippen LogP contribution in [0.3, 0.4) is 0 Å². The summed E-state index contributed by atoms with van der Waals surface area (Å²) in [5.74, 6) is -0.216. The molecular weight excluding hydrogens is 307 g/mol. The van der Waals surface area contributed by atoms with Gasteiger partial charge in [-0.25, -0.2) is 4.39 Å². The zero-order valence-corrected chi connectivity index (χ0v) is 13.2. The largest absolute Gasteiger partial charge is 0.309 e. The minimum atomic E-state index is -0.216. The third-order valence-corrected chi connectivity index (χ3v) is 4.41. The molecule has 1 aliphatic rings. The van der Waals surface area contributed by atoms with Gasteiger partial charge in [-0.05, 0) is 30.5 Å². The Kier molecular flexibility index (Phi) is 4.08. The van der Waals surface area contributed by atoms with Crippen LogP contribution >= 0.6 is 0 Å². The van der Waals surface area contributed by atoms with E-state index in [0.717, 1.165) is 48.3 Å². The Labute approximate surface area is 139 Å². The summed E-state index contributed by atoms with van der Waals surface area (Å²) in [6, 6.07) is 6.94. The number of nitrogens with zero attached hydrogens (tertiary/aromatic N) is 4. The van der Waals surface area contributed by atoms with Gasteiger partial charge in [0.1, 0.15) is 5.82 Å². The number of benzene rings is 1. The number of H-pyrrole nitrogens is 1. The van der Waals surface area contributed by atoms with Crippen molar-refractivity contribution in [2.45, 2.75) is 38.4 Å². The number of aromatic nitrogens is 5. The summed E-state index contributed by atoms with van der Waals surface area (Å²) in [7, 11) is 0. The van der Waals surface area contributed by atoms with Gasteiger partial charge < -0.3 is 5.32 Å². The third kappa shape index (κ3) is 3.35. The second kappa shape index (κ2) is 6.52. The summed E-state index contributed by atoms with van der Waals surface area (Å²) in [5, 5.41) is 19.0. The summed E-state index contributed by atoms with van der Waals surface area (Å²) in [5.41, 5.74) is 4.35. The van der Waals surface area contributed by atoms with E-state index in [2.05, 4.69) is 25.8 Å². The maximum absolute atomic E-state index is 12.9. The Morgan fingerprint density at radius 3 is 2.88 bits per heavy atom. The monoisotopic (exact) mass is 326 g/mol. The zero-order chi connectivity index (χ0) is 16.4. The van der Waals surface area contributed by atoms with Crippen LogP contribution in [0.5, 0.6) is 0 Å². The van der Waals surface area contributed by atoms with E-state index >= 15 is 0 Å². The van der Waals surface area contributed by atoms with Crippen molar-refractivity contribution < 1.29 is 4.39 Å². The number of aryl methyl sites for hydroxylation is 1.